The van der Waals surface area contributed by atoms with Crippen molar-refractivity contribution in [3.05, 3.63) is 0 Å². The van der Waals surface area contributed by atoms with Gasteiger partial charge < -0.3 is 5.32 Å². The van der Waals surface area contributed by atoms with Crippen LogP contribution in [-0.2, 0) is 10.8 Å². The molecule has 1 aliphatic heterocycles. The summed E-state index contributed by atoms with van der Waals surface area (Å²) in [6, 6.07) is 0.570. The zero-order valence-electron chi connectivity index (χ0n) is 8.58. The first-order valence-corrected chi connectivity index (χ1v) is 6.46. The molecule has 3 nitrogen and oxygen atoms in total. The molecule has 1 aliphatic rings. The largest absolute Gasteiger partial charge is 0.318 e. The van der Waals surface area contributed by atoms with Crippen molar-refractivity contribution in [1.82, 2.24) is 10.2 Å². The van der Waals surface area contributed by atoms with Crippen molar-refractivity contribution in [3.63, 3.8) is 0 Å². The zero-order valence-corrected chi connectivity index (χ0v) is 9.40. The van der Waals surface area contributed by atoms with Gasteiger partial charge >= 0.3 is 0 Å². The fraction of sp³-hybridized carbons (Fsp3) is 1.00. The lowest BCUT2D eigenvalue weighted by molar-refractivity contribution is 0.223. The third kappa shape index (κ3) is 3.75. The number of hydrogen-bond acceptors (Lipinski definition) is 3. The Hall–Kier alpha value is 0.0700. The second-order valence-corrected chi connectivity index (χ2v) is 5.34. The lowest BCUT2D eigenvalue weighted by Gasteiger charge is -2.26. The van der Waals surface area contributed by atoms with Crippen LogP contribution in [0.15, 0.2) is 0 Å². The first-order chi connectivity index (χ1) is 6.24. The first kappa shape index (κ1) is 11.1. The molecule has 2 atom stereocenters. The second-order valence-electron chi connectivity index (χ2n) is 3.64. The van der Waals surface area contributed by atoms with Gasteiger partial charge in [0.25, 0.3) is 0 Å². The van der Waals surface area contributed by atoms with Crippen molar-refractivity contribution >= 4 is 10.8 Å². The van der Waals surface area contributed by atoms with Crippen molar-refractivity contribution in [2.75, 3.05) is 38.2 Å². The molecule has 2 unspecified atom stereocenters. The third-order valence-electron chi connectivity index (χ3n) is 2.55. The number of rotatable bonds is 3. The van der Waals surface area contributed by atoms with Gasteiger partial charge in [-0.05, 0) is 26.9 Å². The molecule has 78 valence electrons. The Bertz CT molecular complexity index is 175. The predicted octanol–water partition coefficient (Wildman–Crippen LogP) is 0.0487. The average molecular weight is 204 g/mol. The molecular formula is C9H20N2OS. The van der Waals surface area contributed by atoms with Gasteiger partial charge in [-0.1, -0.05) is 0 Å². The highest BCUT2D eigenvalue weighted by Gasteiger charge is 2.17. The molecule has 4 heteroatoms. The lowest BCUT2D eigenvalue weighted by atomic mass is 10.2. The van der Waals surface area contributed by atoms with Crippen LogP contribution in [0.5, 0.6) is 0 Å². The fourth-order valence-electron chi connectivity index (χ4n) is 1.73. The molecule has 1 rings (SSSR count). The van der Waals surface area contributed by atoms with Crippen molar-refractivity contribution in [3.8, 4) is 0 Å². The summed E-state index contributed by atoms with van der Waals surface area (Å²) < 4.78 is 11.3. The minimum absolute atomic E-state index is 0.561. The summed E-state index contributed by atoms with van der Waals surface area (Å²) in [5.41, 5.74) is 0. The van der Waals surface area contributed by atoms with E-state index in [1.54, 1.807) is 0 Å². The van der Waals surface area contributed by atoms with Crippen LogP contribution in [0, 0.1) is 0 Å². The molecule has 0 spiro atoms. The van der Waals surface area contributed by atoms with Crippen molar-refractivity contribution in [2.24, 2.45) is 0 Å². The Labute approximate surface area is 83.3 Å². The number of hydrogen-bond donors (Lipinski definition) is 1. The van der Waals surface area contributed by atoms with Gasteiger partial charge in [0.2, 0.25) is 0 Å². The summed E-state index contributed by atoms with van der Waals surface area (Å²) in [6.07, 6.45) is 1.08. The molecular weight excluding hydrogens is 184 g/mol. The molecule has 0 saturated carbocycles. The monoisotopic (exact) mass is 204 g/mol. The molecule has 0 aromatic heterocycles. The van der Waals surface area contributed by atoms with E-state index < -0.39 is 10.8 Å². The molecule has 0 radical (unpaired) electrons. The SMILES string of the molecule is CNCC(C)N1CCCS(=O)CC1. The van der Waals surface area contributed by atoms with E-state index >= 15 is 0 Å². The zero-order chi connectivity index (χ0) is 9.68. The quantitative estimate of drug-likeness (QED) is 0.705. The minimum Gasteiger partial charge on any atom is -0.318 e. The Morgan fingerprint density at radius 1 is 1.46 bits per heavy atom. The summed E-state index contributed by atoms with van der Waals surface area (Å²) in [4.78, 5) is 2.43. The van der Waals surface area contributed by atoms with Gasteiger partial charge in [0.05, 0.1) is 0 Å². The van der Waals surface area contributed by atoms with Crippen molar-refractivity contribution in [2.45, 2.75) is 19.4 Å². The summed E-state index contributed by atoms with van der Waals surface area (Å²) in [6.45, 7) is 5.35. The van der Waals surface area contributed by atoms with Gasteiger partial charge in [-0.2, -0.15) is 0 Å². The Balaban J connectivity index is 2.36. The highest BCUT2D eigenvalue weighted by atomic mass is 32.2. The maximum atomic E-state index is 11.3. The summed E-state index contributed by atoms with van der Waals surface area (Å²) in [5.74, 6) is 1.75. The van der Waals surface area contributed by atoms with E-state index in [1.807, 2.05) is 7.05 Å². The van der Waals surface area contributed by atoms with Gasteiger partial charge in [-0.25, -0.2) is 0 Å². The topological polar surface area (TPSA) is 32.3 Å². The Morgan fingerprint density at radius 2 is 2.23 bits per heavy atom. The van der Waals surface area contributed by atoms with Gasteiger partial charge in [0.1, 0.15) is 0 Å². The highest BCUT2D eigenvalue weighted by molar-refractivity contribution is 7.85. The maximum absolute atomic E-state index is 11.3. The van der Waals surface area contributed by atoms with Crippen molar-refractivity contribution in [1.29, 1.82) is 0 Å². The van der Waals surface area contributed by atoms with Crippen LogP contribution in [0.2, 0.25) is 0 Å². The van der Waals surface area contributed by atoms with Gasteiger partial charge in [0, 0.05) is 41.4 Å². The van der Waals surface area contributed by atoms with E-state index in [0.717, 1.165) is 37.6 Å². The molecule has 0 bridgehead atoms. The smallest absolute Gasteiger partial charge is 0.0362 e. The van der Waals surface area contributed by atoms with Crippen LogP contribution in [0.4, 0.5) is 0 Å². The van der Waals surface area contributed by atoms with Crippen molar-refractivity contribution < 1.29 is 4.21 Å². The lowest BCUT2D eigenvalue weighted by Crippen LogP contribution is -2.40. The fourth-order valence-corrected chi connectivity index (χ4v) is 2.82. The van der Waals surface area contributed by atoms with Crippen LogP contribution >= 0.6 is 0 Å². The van der Waals surface area contributed by atoms with E-state index in [0.29, 0.717) is 6.04 Å². The predicted molar refractivity (Wildman–Crippen MR) is 57.5 cm³/mol. The summed E-state index contributed by atoms with van der Waals surface area (Å²) in [5, 5.41) is 3.18. The molecule has 0 aromatic carbocycles. The Morgan fingerprint density at radius 3 is 2.92 bits per heavy atom. The maximum Gasteiger partial charge on any atom is 0.0362 e. The molecule has 1 N–H and O–H groups in total. The van der Waals surface area contributed by atoms with Crippen LogP contribution in [0.3, 0.4) is 0 Å². The normalized spacial score (nSPS) is 28.3. The van der Waals surface area contributed by atoms with E-state index in [-0.39, 0.29) is 0 Å². The van der Waals surface area contributed by atoms with E-state index in [4.69, 9.17) is 0 Å². The third-order valence-corrected chi connectivity index (χ3v) is 3.93. The average Bonchev–Trinajstić information content (AvgIpc) is 2.30. The number of likely N-dealkylation sites (N-methyl/N-ethyl adjacent to an activating group) is 1. The molecule has 1 heterocycles. The van der Waals surface area contributed by atoms with Gasteiger partial charge in [0.15, 0.2) is 0 Å². The van der Waals surface area contributed by atoms with E-state index in [2.05, 4.69) is 17.1 Å². The second kappa shape index (κ2) is 5.73. The standard InChI is InChI=1S/C9H20N2OS/c1-9(8-10-2)11-4-3-6-13(12)7-5-11/h9-10H,3-8H2,1-2H3. The molecule has 0 aliphatic carbocycles. The van der Waals surface area contributed by atoms with Gasteiger partial charge in [-0.15, -0.1) is 0 Å². The number of nitrogens with one attached hydrogen (secondary N) is 1. The van der Waals surface area contributed by atoms with Crippen LogP contribution < -0.4 is 5.32 Å². The van der Waals surface area contributed by atoms with Crippen LogP contribution in [0.1, 0.15) is 13.3 Å². The van der Waals surface area contributed by atoms with E-state index in [1.165, 1.54) is 0 Å². The first-order valence-electron chi connectivity index (χ1n) is 4.97. The van der Waals surface area contributed by atoms with Crippen LogP contribution in [0.25, 0.3) is 0 Å². The summed E-state index contributed by atoms with van der Waals surface area (Å²) in [7, 11) is 1.42. The highest BCUT2D eigenvalue weighted by Crippen LogP contribution is 2.05. The molecule has 0 aromatic rings. The van der Waals surface area contributed by atoms with Gasteiger partial charge in [-0.3, -0.25) is 9.11 Å². The molecule has 0 amide bonds. The van der Waals surface area contributed by atoms with E-state index in [9.17, 15) is 4.21 Å². The molecule has 1 saturated heterocycles. The Kier molecular flexibility index (Phi) is 4.91. The molecule has 13 heavy (non-hydrogen) atoms. The molecule has 1 fully saturated rings. The number of nitrogens with zero attached hydrogens (tertiary/aromatic N) is 1. The van der Waals surface area contributed by atoms with Crippen LogP contribution in [-0.4, -0.2) is 53.3 Å². The summed E-state index contributed by atoms with van der Waals surface area (Å²) >= 11 is 0. The minimum atomic E-state index is -0.561.